The molecule has 2 aromatic carbocycles. The lowest BCUT2D eigenvalue weighted by atomic mass is 10.0. The zero-order chi connectivity index (χ0) is 18.2. The van der Waals surface area contributed by atoms with E-state index in [0.29, 0.717) is 23.6 Å². The Morgan fingerprint density at radius 2 is 1.64 bits per heavy atom. The number of carbonyl (C=O) groups excluding carboxylic acids is 2. The van der Waals surface area contributed by atoms with Crippen molar-refractivity contribution in [1.29, 1.82) is 0 Å². The molecule has 0 spiro atoms. The molecule has 0 heterocycles. The van der Waals surface area contributed by atoms with Crippen LogP contribution in [0.5, 0.6) is 0 Å². The van der Waals surface area contributed by atoms with Crippen LogP contribution >= 0.6 is 11.6 Å². The Bertz CT molecular complexity index is 857. The van der Waals surface area contributed by atoms with Crippen molar-refractivity contribution in [3.63, 3.8) is 0 Å². The van der Waals surface area contributed by atoms with Gasteiger partial charge in [-0.1, -0.05) is 29.8 Å². The quantitative estimate of drug-likeness (QED) is 0.785. The molecule has 25 heavy (non-hydrogen) atoms. The second-order valence-corrected chi connectivity index (χ2v) is 7.11. The molecule has 0 aromatic heterocycles. The summed E-state index contributed by atoms with van der Waals surface area (Å²) < 4.78 is 0. The molecule has 0 atom stereocenters. The zero-order valence-electron chi connectivity index (χ0n) is 14.6. The van der Waals surface area contributed by atoms with Crippen LogP contribution in [0, 0.1) is 26.2 Å². The summed E-state index contributed by atoms with van der Waals surface area (Å²) >= 11 is 6.10. The van der Waals surface area contributed by atoms with E-state index >= 15 is 0 Å². The zero-order valence-corrected chi connectivity index (χ0v) is 15.3. The average molecular weight is 357 g/mol. The Labute approximate surface area is 152 Å². The van der Waals surface area contributed by atoms with Gasteiger partial charge in [-0.05, 0) is 68.5 Å². The number of carbonyl (C=O) groups is 2. The number of hydrogen-bond acceptors (Lipinski definition) is 2. The van der Waals surface area contributed by atoms with Crippen LogP contribution in [0.1, 0.15) is 29.5 Å². The van der Waals surface area contributed by atoms with Crippen LogP contribution in [-0.4, -0.2) is 11.8 Å². The summed E-state index contributed by atoms with van der Waals surface area (Å²) in [6.45, 7) is 5.85. The van der Waals surface area contributed by atoms with E-state index in [1.807, 2.05) is 45.0 Å². The molecule has 1 aliphatic carbocycles. The summed E-state index contributed by atoms with van der Waals surface area (Å²) in [5.74, 6) is -0.535. The minimum atomic E-state index is -0.993. The van der Waals surface area contributed by atoms with Crippen LogP contribution in [0.15, 0.2) is 36.4 Å². The fraction of sp³-hybridized carbons (Fsp3) is 0.300. The maximum atomic E-state index is 12.7. The first-order valence-electron chi connectivity index (χ1n) is 8.29. The van der Waals surface area contributed by atoms with Crippen LogP contribution < -0.4 is 10.6 Å². The number of anilines is 2. The van der Waals surface area contributed by atoms with E-state index in [4.69, 9.17) is 11.6 Å². The van der Waals surface area contributed by atoms with Crippen LogP contribution in [0.2, 0.25) is 5.02 Å². The molecule has 0 bridgehead atoms. The van der Waals surface area contributed by atoms with Gasteiger partial charge < -0.3 is 10.6 Å². The van der Waals surface area contributed by atoms with Gasteiger partial charge in [0.25, 0.3) is 0 Å². The largest absolute Gasteiger partial charge is 0.325 e. The Morgan fingerprint density at radius 3 is 2.28 bits per heavy atom. The number of benzene rings is 2. The maximum absolute atomic E-state index is 12.7. The van der Waals surface area contributed by atoms with Crippen LogP contribution in [0.4, 0.5) is 11.4 Å². The lowest BCUT2D eigenvalue weighted by molar-refractivity contribution is -0.131. The third-order valence-electron chi connectivity index (χ3n) is 4.90. The molecule has 0 unspecified atom stereocenters. The van der Waals surface area contributed by atoms with Crippen molar-refractivity contribution in [2.24, 2.45) is 5.41 Å². The van der Waals surface area contributed by atoms with Crippen molar-refractivity contribution < 1.29 is 9.59 Å². The lowest BCUT2D eigenvalue weighted by Gasteiger charge is -2.17. The summed E-state index contributed by atoms with van der Waals surface area (Å²) in [5.41, 5.74) is 3.41. The molecular weight excluding hydrogens is 336 g/mol. The van der Waals surface area contributed by atoms with Crippen molar-refractivity contribution in [1.82, 2.24) is 0 Å². The number of hydrogen-bond donors (Lipinski definition) is 2. The highest BCUT2D eigenvalue weighted by Crippen LogP contribution is 2.47. The molecular formula is C20H21ClN2O2. The fourth-order valence-corrected chi connectivity index (χ4v) is 2.91. The molecule has 2 amide bonds. The van der Waals surface area contributed by atoms with E-state index in [9.17, 15) is 9.59 Å². The average Bonchev–Trinajstić information content (AvgIpc) is 3.37. The van der Waals surface area contributed by atoms with E-state index in [-0.39, 0.29) is 11.8 Å². The first kappa shape index (κ1) is 17.5. The fourth-order valence-electron chi connectivity index (χ4n) is 2.73. The van der Waals surface area contributed by atoms with Crippen LogP contribution in [-0.2, 0) is 9.59 Å². The lowest BCUT2D eigenvalue weighted by Crippen LogP contribution is -2.35. The first-order valence-corrected chi connectivity index (χ1v) is 8.66. The van der Waals surface area contributed by atoms with Gasteiger partial charge in [-0.15, -0.1) is 0 Å². The first-order chi connectivity index (χ1) is 11.8. The van der Waals surface area contributed by atoms with Gasteiger partial charge in [-0.2, -0.15) is 0 Å². The Kier molecular flexibility index (Phi) is 4.56. The molecule has 1 fully saturated rings. The van der Waals surface area contributed by atoms with Crippen molar-refractivity contribution in [3.8, 4) is 0 Å². The number of nitrogens with one attached hydrogen (secondary N) is 2. The molecule has 0 radical (unpaired) electrons. The molecule has 1 aliphatic rings. The van der Waals surface area contributed by atoms with Crippen molar-refractivity contribution in [3.05, 3.63) is 58.1 Å². The summed E-state index contributed by atoms with van der Waals surface area (Å²) in [7, 11) is 0. The highest BCUT2D eigenvalue weighted by Gasteiger charge is 2.56. The van der Waals surface area contributed by atoms with Gasteiger partial charge in [0.15, 0.2) is 0 Å². The van der Waals surface area contributed by atoms with Crippen LogP contribution in [0.3, 0.4) is 0 Å². The number of amides is 2. The third kappa shape index (κ3) is 3.40. The van der Waals surface area contributed by atoms with E-state index in [1.165, 1.54) is 0 Å². The van der Waals surface area contributed by atoms with Gasteiger partial charge in [0.2, 0.25) is 11.8 Å². The Balaban J connectivity index is 1.74. The van der Waals surface area contributed by atoms with Crippen molar-refractivity contribution in [2.45, 2.75) is 33.6 Å². The summed E-state index contributed by atoms with van der Waals surface area (Å²) in [4.78, 5) is 25.4. The van der Waals surface area contributed by atoms with Gasteiger partial charge >= 0.3 is 0 Å². The molecule has 2 N–H and O–H groups in total. The third-order valence-corrected chi connectivity index (χ3v) is 5.31. The monoisotopic (exact) mass is 356 g/mol. The van der Waals surface area contributed by atoms with E-state index in [0.717, 1.165) is 22.4 Å². The molecule has 0 aliphatic heterocycles. The molecule has 2 aromatic rings. The van der Waals surface area contributed by atoms with Gasteiger partial charge in [0.1, 0.15) is 5.41 Å². The van der Waals surface area contributed by atoms with Crippen LogP contribution in [0.25, 0.3) is 0 Å². The van der Waals surface area contributed by atoms with E-state index < -0.39 is 5.41 Å². The topological polar surface area (TPSA) is 58.2 Å². The maximum Gasteiger partial charge on any atom is 0.240 e. The molecule has 4 nitrogen and oxygen atoms in total. The minimum Gasteiger partial charge on any atom is -0.325 e. The Morgan fingerprint density at radius 1 is 0.960 bits per heavy atom. The van der Waals surface area contributed by atoms with Gasteiger partial charge in [-0.3, -0.25) is 9.59 Å². The molecule has 130 valence electrons. The second kappa shape index (κ2) is 6.52. The standard InChI is InChI=1S/C20H21ClN2O2/c1-12-5-4-6-17(14(12)3)23-19(25)20(9-10-20)18(24)22-15-8-7-13(2)16(21)11-15/h4-8,11H,9-10H2,1-3H3,(H,22,24)(H,23,25). The SMILES string of the molecule is Cc1ccc(NC(=O)C2(C(=O)Nc3cccc(C)c3C)CC2)cc1Cl. The van der Waals surface area contributed by atoms with E-state index in [1.54, 1.807) is 12.1 Å². The summed E-state index contributed by atoms with van der Waals surface area (Å²) in [6.07, 6.45) is 1.10. The number of rotatable bonds is 4. The molecule has 0 saturated heterocycles. The normalized spacial score (nSPS) is 14.7. The number of halogens is 1. The van der Waals surface area contributed by atoms with Gasteiger partial charge in [-0.25, -0.2) is 0 Å². The molecule has 5 heteroatoms. The van der Waals surface area contributed by atoms with E-state index in [2.05, 4.69) is 10.6 Å². The number of aryl methyl sites for hydroxylation is 2. The predicted molar refractivity (Wildman–Crippen MR) is 101 cm³/mol. The highest BCUT2D eigenvalue weighted by molar-refractivity contribution is 6.31. The summed E-state index contributed by atoms with van der Waals surface area (Å²) in [5, 5.41) is 6.32. The van der Waals surface area contributed by atoms with Crippen molar-refractivity contribution >= 4 is 34.8 Å². The minimum absolute atomic E-state index is 0.253. The summed E-state index contributed by atoms with van der Waals surface area (Å²) in [6, 6.07) is 11.1. The smallest absolute Gasteiger partial charge is 0.240 e. The predicted octanol–water partition coefficient (Wildman–Crippen LogP) is 4.62. The van der Waals surface area contributed by atoms with Gasteiger partial charge in [0, 0.05) is 16.4 Å². The highest BCUT2D eigenvalue weighted by atomic mass is 35.5. The molecule has 3 rings (SSSR count). The molecule has 1 saturated carbocycles. The Hall–Kier alpha value is -2.33. The van der Waals surface area contributed by atoms with Crippen molar-refractivity contribution in [2.75, 3.05) is 10.6 Å². The second-order valence-electron chi connectivity index (χ2n) is 6.70. The van der Waals surface area contributed by atoms with Gasteiger partial charge in [0.05, 0.1) is 0 Å².